The third kappa shape index (κ3) is 7.59. The van der Waals surface area contributed by atoms with Crippen LogP contribution in [0.2, 0.25) is 0 Å². The minimum absolute atomic E-state index is 0.0511. The summed E-state index contributed by atoms with van der Waals surface area (Å²) in [7, 11) is 4.27. The number of unbranched alkanes of at least 4 members (excludes halogenated alkanes) is 1. The number of carbonyl (C=O) groups is 2. The molecule has 0 aromatic heterocycles. The maximum absolute atomic E-state index is 14.4. The van der Waals surface area contributed by atoms with Crippen molar-refractivity contribution >= 4 is 30.3 Å². The number of nitrogens with zero attached hydrogens (tertiary/aromatic N) is 1. The van der Waals surface area contributed by atoms with E-state index in [0.29, 0.717) is 24.3 Å². The van der Waals surface area contributed by atoms with Crippen LogP contribution in [0.3, 0.4) is 0 Å². The van der Waals surface area contributed by atoms with Crippen LogP contribution in [0.1, 0.15) is 52.7 Å². The second-order valence-corrected chi connectivity index (χ2v) is 15.2. The number of likely N-dealkylation sites (tertiary alicyclic amines) is 1. The monoisotopic (exact) mass is 669 g/mol. The average Bonchev–Trinajstić information content (AvgIpc) is 3.65. The Morgan fingerprint density at radius 3 is 2.21 bits per heavy atom. The van der Waals surface area contributed by atoms with Gasteiger partial charge in [-0.3, -0.25) is 9.59 Å². The van der Waals surface area contributed by atoms with E-state index in [4.69, 9.17) is 4.74 Å². The molecule has 9 heteroatoms. The van der Waals surface area contributed by atoms with Crippen LogP contribution >= 0.6 is 18.5 Å². The largest absolute Gasteiger partial charge is 0.488 e. The quantitative estimate of drug-likeness (QED) is 0.123. The molecule has 1 saturated heterocycles. The van der Waals surface area contributed by atoms with Gasteiger partial charge < -0.3 is 20.3 Å². The van der Waals surface area contributed by atoms with Crippen LogP contribution in [0.4, 0.5) is 4.39 Å². The van der Waals surface area contributed by atoms with Crippen molar-refractivity contribution in [3.8, 4) is 16.9 Å². The lowest BCUT2D eigenvalue weighted by molar-refractivity contribution is -0.125. The van der Waals surface area contributed by atoms with Gasteiger partial charge in [-0.25, -0.2) is 4.39 Å². The first-order valence-electron chi connectivity index (χ1n) is 16.3. The molecule has 3 atom stereocenters. The molecule has 4 aromatic carbocycles. The summed E-state index contributed by atoms with van der Waals surface area (Å²) in [6.07, 6.45) is 3.21. The van der Waals surface area contributed by atoms with Gasteiger partial charge >= 0.3 is 0 Å². The third-order valence-corrected chi connectivity index (χ3v) is 9.63. The van der Waals surface area contributed by atoms with Crippen molar-refractivity contribution in [1.29, 1.82) is 0 Å². The molecule has 1 heterocycles. The van der Waals surface area contributed by atoms with Gasteiger partial charge in [0, 0.05) is 19.1 Å². The van der Waals surface area contributed by atoms with Crippen molar-refractivity contribution in [3.05, 3.63) is 125 Å². The van der Waals surface area contributed by atoms with Gasteiger partial charge in [-0.15, -0.1) is 0 Å². The lowest BCUT2D eigenvalue weighted by Gasteiger charge is -2.32. The first kappa shape index (κ1) is 33.3. The summed E-state index contributed by atoms with van der Waals surface area (Å²) in [5, 5.41) is 4.46. The standard InChI is InChI=1S/C38H42FN3O3P2/c39-38(46,47)26-40-36(44)37(32-17-7-4-14-29(32)30-15-5-8-18-33(30)37)21-10-11-22-42-23-20-28(24-42)41-35(43)31-16-6-9-19-34(31)45-25-27-12-2-1-3-13-27/h1-9,12-19,28H,10-11,20-26,46-47H2,(H,40,44)(H,41,43). The number of para-hydroxylation sites is 1. The molecular weight excluding hydrogens is 627 g/mol. The Balaban J connectivity index is 1.06. The number of fused-ring (bicyclic) bond motifs is 3. The smallest absolute Gasteiger partial charge is 0.255 e. The number of hydrogen-bond donors (Lipinski definition) is 2. The molecule has 1 aliphatic carbocycles. The summed E-state index contributed by atoms with van der Waals surface area (Å²) in [4.78, 5) is 29.7. The Labute approximate surface area is 281 Å². The van der Waals surface area contributed by atoms with E-state index in [9.17, 15) is 14.0 Å². The molecule has 2 amide bonds. The van der Waals surface area contributed by atoms with Gasteiger partial charge in [-0.1, -0.05) is 116 Å². The number of amides is 2. The normalized spacial score (nSPS) is 16.7. The molecule has 1 fully saturated rings. The highest BCUT2D eigenvalue weighted by molar-refractivity contribution is 7.39. The second-order valence-electron chi connectivity index (χ2n) is 12.6. The highest BCUT2D eigenvalue weighted by atomic mass is 31.1. The number of ether oxygens (including phenoxy) is 1. The van der Waals surface area contributed by atoms with E-state index in [-0.39, 0.29) is 24.4 Å². The van der Waals surface area contributed by atoms with Gasteiger partial charge in [0.25, 0.3) is 5.91 Å². The van der Waals surface area contributed by atoms with Crippen molar-refractivity contribution in [1.82, 2.24) is 15.5 Å². The molecule has 4 aromatic rings. The highest BCUT2D eigenvalue weighted by Gasteiger charge is 2.48. The molecular formula is C38H42FN3O3P2. The minimum Gasteiger partial charge on any atom is -0.488 e. The molecule has 0 spiro atoms. The van der Waals surface area contributed by atoms with Crippen LogP contribution in [0, 0.1) is 0 Å². The maximum atomic E-state index is 14.4. The van der Waals surface area contributed by atoms with Crippen LogP contribution in [0.25, 0.3) is 11.1 Å². The Kier molecular flexibility index (Phi) is 10.4. The van der Waals surface area contributed by atoms with Crippen molar-refractivity contribution < 1.29 is 18.7 Å². The van der Waals surface area contributed by atoms with Crippen LogP contribution in [-0.4, -0.2) is 54.1 Å². The number of alkyl halides is 1. The molecule has 6 nitrogen and oxygen atoms in total. The average molecular weight is 670 g/mol. The Bertz CT molecular complexity index is 1670. The number of rotatable bonds is 13. The summed E-state index contributed by atoms with van der Waals surface area (Å²) < 4.78 is 20.4. The Morgan fingerprint density at radius 2 is 1.51 bits per heavy atom. The Hall–Kier alpha value is -3.63. The summed E-state index contributed by atoms with van der Waals surface area (Å²) in [6, 6.07) is 33.5. The molecule has 0 saturated carbocycles. The van der Waals surface area contributed by atoms with Crippen LogP contribution < -0.4 is 15.4 Å². The highest BCUT2D eigenvalue weighted by Crippen LogP contribution is 2.51. The van der Waals surface area contributed by atoms with Gasteiger partial charge in [-0.2, -0.15) is 0 Å². The molecule has 2 aliphatic rings. The number of benzene rings is 4. The van der Waals surface area contributed by atoms with Crippen molar-refractivity contribution in [2.24, 2.45) is 0 Å². The predicted molar refractivity (Wildman–Crippen MR) is 192 cm³/mol. The zero-order valence-corrected chi connectivity index (χ0v) is 28.8. The summed E-state index contributed by atoms with van der Waals surface area (Å²) in [5.74, 6) is 0.281. The van der Waals surface area contributed by atoms with Gasteiger partial charge in [-0.05, 0) is 65.8 Å². The SMILES string of the molecule is O=C(NC1CCN(CCCCC2(C(=O)NCC(F)(P)P)c3ccccc3-c3ccccc32)C1)c1ccccc1OCc1ccccc1. The number of hydrogen-bond acceptors (Lipinski definition) is 4. The molecule has 0 radical (unpaired) electrons. The molecule has 244 valence electrons. The predicted octanol–water partition coefficient (Wildman–Crippen LogP) is 6.70. The van der Waals surface area contributed by atoms with E-state index in [2.05, 4.69) is 46.1 Å². The van der Waals surface area contributed by atoms with E-state index in [1.54, 1.807) is 6.07 Å². The fraction of sp³-hybridized carbons (Fsp3) is 0.316. The fourth-order valence-electron chi connectivity index (χ4n) is 6.98. The van der Waals surface area contributed by atoms with Crippen molar-refractivity contribution in [3.63, 3.8) is 0 Å². The fourth-order valence-corrected chi connectivity index (χ4v) is 7.18. The van der Waals surface area contributed by atoms with Gasteiger partial charge in [0.15, 0.2) is 5.15 Å². The third-order valence-electron chi connectivity index (χ3n) is 9.22. The number of carbonyl (C=O) groups excluding carboxylic acids is 2. The maximum Gasteiger partial charge on any atom is 0.255 e. The molecule has 3 unspecified atom stereocenters. The summed E-state index contributed by atoms with van der Waals surface area (Å²) in [5.41, 5.74) is 4.78. The van der Waals surface area contributed by atoms with Crippen LogP contribution in [0.15, 0.2) is 103 Å². The lowest BCUT2D eigenvalue weighted by Crippen LogP contribution is -2.46. The van der Waals surface area contributed by atoms with Gasteiger partial charge in [0.05, 0.1) is 12.1 Å². The topological polar surface area (TPSA) is 70.7 Å². The molecule has 1 aliphatic heterocycles. The summed E-state index contributed by atoms with van der Waals surface area (Å²) in [6.45, 7) is 2.83. The zero-order chi connectivity index (χ0) is 32.9. The van der Waals surface area contributed by atoms with E-state index in [0.717, 1.165) is 66.7 Å². The minimum atomic E-state index is -1.67. The van der Waals surface area contributed by atoms with Crippen LogP contribution in [0.5, 0.6) is 5.75 Å². The van der Waals surface area contributed by atoms with Gasteiger partial charge in [0.2, 0.25) is 5.91 Å². The second kappa shape index (κ2) is 14.6. The van der Waals surface area contributed by atoms with Crippen LogP contribution in [-0.2, 0) is 16.8 Å². The van der Waals surface area contributed by atoms with E-state index >= 15 is 0 Å². The van der Waals surface area contributed by atoms with E-state index in [1.165, 1.54) is 0 Å². The van der Waals surface area contributed by atoms with E-state index in [1.807, 2.05) is 84.9 Å². The summed E-state index contributed by atoms with van der Waals surface area (Å²) >= 11 is 0. The molecule has 6 rings (SSSR count). The molecule has 47 heavy (non-hydrogen) atoms. The first-order chi connectivity index (χ1) is 22.7. The Morgan fingerprint density at radius 1 is 0.872 bits per heavy atom. The van der Waals surface area contributed by atoms with E-state index < -0.39 is 10.6 Å². The lowest BCUT2D eigenvalue weighted by atomic mass is 9.73. The van der Waals surface area contributed by atoms with Crippen molar-refractivity contribution in [2.45, 2.75) is 48.9 Å². The molecule has 0 bridgehead atoms. The first-order valence-corrected chi connectivity index (χ1v) is 17.4. The van der Waals surface area contributed by atoms with Crippen molar-refractivity contribution in [2.75, 3.05) is 26.2 Å². The number of halogens is 1. The zero-order valence-electron chi connectivity index (χ0n) is 26.5. The molecule has 2 N–H and O–H groups in total. The van der Waals surface area contributed by atoms with Gasteiger partial charge in [0.1, 0.15) is 17.8 Å². The number of nitrogens with one attached hydrogen (secondary N) is 2.